The van der Waals surface area contributed by atoms with Gasteiger partial charge in [-0.2, -0.15) is 0 Å². The van der Waals surface area contributed by atoms with Crippen molar-refractivity contribution >= 4 is 0 Å². The lowest BCUT2D eigenvalue weighted by molar-refractivity contribution is 0.255. The summed E-state index contributed by atoms with van der Waals surface area (Å²) in [5, 5.41) is 0. The first-order valence-electron chi connectivity index (χ1n) is 4.36. The zero-order valence-electron chi connectivity index (χ0n) is 7.29. The number of rotatable bonds is 2. The maximum absolute atomic E-state index is 3.65. The molecule has 1 nitrogen and oxygen atoms in total. The molecule has 1 rings (SSSR count). The Morgan fingerprint density at radius 3 is 2.55 bits per heavy atom. The highest BCUT2D eigenvalue weighted by atomic mass is 15.1. The van der Waals surface area contributed by atoms with Crippen LogP contribution in [0.25, 0.3) is 0 Å². The van der Waals surface area contributed by atoms with Crippen LogP contribution in [0.15, 0.2) is 24.9 Å². The van der Waals surface area contributed by atoms with Crippen LogP contribution in [0, 0.1) is 5.92 Å². The Bertz CT molecular complexity index is 141. The first-order valence-corrected chi connectivity index (χ1v) is 4.36. The van der Waals surface area contributed by atoms with E-state index in [1.165, 1.54) is 25.9 Å². The molecule has 0 atom stereocenters. The van der Waals surface area contributed by atoms with E-state index < -0.39 is 0 Å². The van der Waals surface area contributed by atoms with E-state index in [4.69, 9.17) is 0 Å². The fourth-order valence-corrected chi connectivity index (χ4v) is 1.36. The summed E-state index contributed by atoms with van der Waals surface area (Å²) in [4.78, 5) is 2.36. The van der Waals surface area contributed by atoms with Crippen LogP contribution >= 0.6 is 0 Å². The van der Waals surface area contributed by atoms with Crippen molar-refractivity contribution in [1.29, 1.82) is 0 Å². The molecule has 0 aliphatic carbocycles. The van der Waals surface area contributed by atoms with Crippen molar-refractivity contribution in [3.05, 3.63) is 24.9 Å². The van der Waals surface area contributed by atoms with Gasteiger partial charge in [0.15, 0.2) is 0 Å². The molecule has 62 valence electrons. The molecule has 0 unspecified atom stereocenters. The van der Waals surface area contributed by atoms with Crippen LogP contribution in [0.3, 0.4) is 0 Å². The number of allylic oxidation sites excluding steroid dienone is 2. The van der Waals surface area contributed by atoms with Gasteiger partial charge in [0.25, 0.3) is 0 Å². The van der Waals surface area contributed by atoms with Crippen molar-refractivity contribution in [1.82, 2.24) is 4.90 Å². The molecule has 0 saturated carbocycles. The second-order valence-electron chi connectivity index (χ2n) is 3.30. The van der Waals surface area contributed by atoms with Gasteiger partial charge in [0.1, 0.15) is 0 Å². The first-order chi connectivity index (χ1) is 5.33. The third-order valence-electron chi connectivity index (χ3n) is 2.25. The highest BCUT2D eigenvalue weighted by molar-refractivity contribution is 4.97. The quantitative estimate of drug-likeness (QED) is 0.548. The summed E-state index contributed by atoms with van der Waals surface area (Å²) < 4.78 is 0. The summed E-state index contributed by atoms with van der Waals surface area (Å²) in [5.41, 5.74) is 0. The molecule has 0 aromatic heterocycles. The first kappa shape index (κ1) is 8.38. The van der Waals surface area contributed by atoms with E-state index in [0.717, 1.165) is 5.92 Å². The Hall–Kier alpha value is -0.720. The molecule has 1 fully saturated rings. The molecule has 0 aromatic carbocycles. The van der Waals surface area contributed by atoms with Gasteiger partial charge in [0, 0.05) is 13.1 Å². The van der Waals surface area contributed by atoms with E-state index >= 15 is 0 Å². The number of hydrogen-bond acceptors (Lipinski definition) is 1. The molecule has 0 N–H and O–H groups in total. The van der Waals surface area contributed by atoms with Crippen LogP contribution in [0.4, 0.5) is 0 Å². The number of likely N-dealkylation sites (tertiary alicyclic amines) is 1. The van der Waals surface area contributed by atoms with Crippen LogP contribution in [0.2, 0.25) is 0 Å². The lowest BCUT2D eigenvalue weighted by atomic mass is 10.00. The van der Waals surface area contributed by atoms with E-state index in [1.807, 2.05) is 12.2 Å². The van der Waals surface area contributed by atoms with Crippen molar-refractivity contribution in [2.75, 3.05) is 13.1 Å². The van der Waals surface area contributed by atoms with Crippen molar-refractivity contribution in [2.24, 2.45) is 5.92 Å². The highest BCUT2D eigenvalue weighted by Gasteiger charge is 2.11. The van der Waals surface area contributed by atoms with Gasteiger partial charge in [-0.05, 0) is 31.0 Å². The molecule has 1 heterocycles. The molecule has 1 aliphatic heterocycles. The Balaban J connectivity index is 2.27. The van der Waals surface area contributed by atoms with E-state index in [-0.39, 0.29) is 0 Å². The third kappa shape index (κ3) is 2.79. The van der Waals surface area contributed by atoms with Gasteiger partial charge in [-0.1, -0.05) is 19.6 Å². The van der Waals surface area contributed by atoms with Crippen molar-refractivity contribution in [3.8, 4) is 0 Å². The molecule has 0 spiro atoms. The molecule has 0 radical (unpaired) electrons. The van der Waals surface area contributed by atoms with Crippen molar-refractivity contribution in [3.63, 3.8) is 0 Å². The standard InChI is InChI=1S/C10H17N/c1-3-4-7-11-8-5-10(2)6-9-11/h3-4,7,10H,1,5-6,8-9H2,2H3. The third-order valence-corrected chi connectivity index (χ3v) is 2.25. The second-order valence-corrected chi connectivity index (χ2v) is 3.30. The fraction of sp³-hybridized carbons (Fsp3) is 0.600. The van der Waals surface area contributed by atoms with Crippen LogP contribution in [-0.2, 0) is 0 Å². The van der Waals surface area contributed by atoms with Gasteiger partial charge in [-0.3, -0.25) is 0 Å². The molecule has 1 saturated heterocycles. The molecule has 1 aliphatic rings. The van der Waals surface area contributed by atoms with Gasteiger partial charge in [-0.25, -0.2) is 0 Å². The van der Waals surface area contributed by atoms with E-state index in [1.54, 1.807) is 0 Å². The van der Waals surface area contributed by atoms with Gasteiger partial charge in [0.05, 0.1) is 0 Å². The zero-order valence-corrected chi connectivity index (χ0v) is 7.29. The summed E-state index contributed by atoms with van der Waals surface area (Å²) in [7, 11) is 0. The maximum atomic E-state index is 3.65. The normalized spacial score (nSPS) is 21.0. The van der Waals surface area contributed by atoms with Crippen LogP contribution in [0.1, 0.15) is 19.8 Å². The van der Waals surface area contributed by atoms with Gasteiger partial charge >= 0.3 is 0 Å². The smallest absolute Gasteiger partial charge is 0.0175 e. The van der Waals surface area contributed by atoms with E-state index in [0.29, 0.717) is 0 Å². The minimum atomic E-state index is 0.920. The number of nitrogens with zero attached hydrogens (tertiary/aromatic N) is 1. The van der Waals surface area contributed by atoms with Crippen molar-refractivity contribution in [2.45, 2.75) is 19.8 Å². The number of piperidine rings is 1. The van der Waals surface area contributed by atoms with Gasteiger partial charge in [0.2, 0.25) is 0 Å². The van der Waals surface area contributed by atoms with Gasteiger partial charge < -0.3 is 4.90 Å². The fourth-order valence-electron chi connectivity index (χ4n) is 1.36. The molecule has 1 heteroatoms. The minimum Gasteiger partial charge on any atom is -0.377 e. The summed E-state index contributed by atoms with van der Waals surface area (Å²) in [6.07, 6.45) is 8.65. The summed E-state index contributed by atoms with van der Waals surface area (Å²) in [6, 6.07) is 0. The highest BCUT2D eigenvalue weighted by Crippen LogP contribution is 2.15. The topological polar surface area (TPSA) is 3.24 Å². The lowest BCUT2D eigenvalue weighted by Crippen LogP contribution is -2.28. The minimum absolute atomic E-state index is 0.920. The van der Waals surface area contributed by atoms with Crippen molar-refractivity contribution < 1.29 is 0 Å². The van der Waals surface area contributed by atoms with E-state index in [9.17, 15) is 0 Å². The van der Waals surface area contributed by atoms with Crippen LogP contribution in [-0.4, -0.2) is 18.0 Å². The monoisotopic (exact) mass is 151 g/mol. The average molecular weight is 151 g/mol. The maximum Gasteiger partial charge on any atom is 0.0175 e. The molecule has 11 heavy (non-hydrogen) atoms. The van der Waals surface area contributed by atoms with E-state index in [2.05, 4.69) is 24.6 Å². The molecule has 0 bridgehead atoms. The Labute approximate surface area is 69.4 Å². The predicted octanol–water partition coefficient (Wildman–Crippen LogP) is 2.42. The molecular weight excluding hydrogens is 134 g/mol. The Kier molecular flexibility index (Phi) is 3.21. The van der Waals surface area contributed by atoms with Crippen LogP contribution < -0.4 is 0 Å². The zero-order chi connectivity index (χ0) is 8.10. The molecule has 0 aromatic rings. The van der Waals surface area contributed by atoms with Crippen LogP contribution in [0.5, 0.6) is 0 Å². The number of hydrogen-bond donors (Lipinski definition) is 0. The summed E-state index contributed by atoms with van der Waals surface area (Å²) in [5.74, 6) is 0.920. The van der Waals surface area contributed by atoms with Gasteiger partial charge in [-0.15, -0.1) is 0 Å². The Morgan fingerprint density at radius 1 is 1.36 bits per heavy atom. The molecular formula is C10H17N. The second kappa shape index (κ2) is 4.22. The summed E-state index contributed by atoms with van der Waals surface area (Å²) in [6.45, 7) is 8.40. The predicted molar refractivity (Wildman–Crippen MR) is 49.3 cm³/mol. The Morgan fingerprint density at radius 2 is 2.00 bits per heavy atom. The summed E-state index contributed by atoms with van der Waals surface area (Å²) >= 11 is 0. The largest absolute Gasteiger partial charge is 0.377 e. The average Bonchev–Trinajstić information content (AvgIpc) is 2.04. The SMILES string of the molecule is C=CC=CN1CCC(C)CC1. The molecule has 0 amide bonds. The lowest BCUT2D eigenvalue weighted by Gasteiger charge is -2.28.